The van der Waals surface area contributed by atoms with Crippen LogP contribution in [0.25, 0.3) is 17.2 Å². The first kappa shape index (κ1) is 19.4. The zero-order chi connectivity index (χ0) is 20.1. The number of amides is 2. The van der Waals surface area contributed by atoms with E-state index in [0.29, 0.717) is 10.8 Å². The van der Waals surface area contributed by atoms with Crippen molar-refractivity contribution in [1.29, 1.82) is 0 Å². The second-order valence-electron chi connectivity index (χ2n) is 6.32. The van der Waals surface area contributed by atoms with Gasteiger partial charge in [0.15, 0.2) is 5.13 Å². The summed E-state index contributed by atoms with van der Waals surface area (Å²) < 4.78 is 0. The number of benzene rings is 1. The maximum absolute atomic E-state index is 12.5. The van der Waals surface area contributed by atoms with Crippen LogP contribution in [0.2, 0.25) is 0 Å². The molecule has 1 unspecified atom stereocenters. The average molecular weight is 392 g/mol. The van der Waals surface area contributed by atoms with Gasteiger partial charge in [0.05, 0.1) is 11.6 Å². The maximum Gasteiger partial charge on any atom is 0.241 e. The van der Waals surface area contributed by atoms with Crippen LogP contribution < -0.4 is 11.1 Å². The van der Waals surface area contributed by atoms with Gasteiger partial charge in [-0.15, -0.1) is 11.3 Å². The molecule has 7 heteroatoms. The van der Waals surface area contributed by atoms with Crippen LogP contribution in [0.1, 0.15) is 29.0 Å². The number of hydrogen-bond donors (Lipinski definition) is 2. The first-order valence-electron chi connectivity index (χ1n) is 8.69. The molecule has 0 fully saturated rings. The fraction of sp³-hybridized carbons (Fsp3) is 0.143. The molecule has 0 radical (unpaired) electrons. The van der Waals surface area contributed by atoms with Crippen molar-refractivity contribution in [1.82, 2.24) is 9.97 Å². The van der Waals surface area contributed by atoms with E-state index in [4.69, 9.17) is 5.73 Å². The van der Waals surface area contributed by atoms with E-state index >= 15 is 0 Å². The summed E-state index contributed by atoms with van der Waals surface area (Å²) in [6.07, 6.45) is 6.30. The Hall–Kier alpha value is -3.32. The molecule has 2 heterocycles. The van der Waals surface area contributed by atoms with E-state index in [-0.39, 0.29) is 11.8 Å². The molecule has 0 bridgehead atoms. The molecule has 2 amide bonds. The van der Waals surface area contributed by atoms with Crippen molar-refractivity contribution >= 4 is 34.4 Å². The quantitative estimate of drug-likeness (QED) is 0.624. The van der Waals surface area contributed by atoms with Crippen molar-refractivity contribution in [3.8, 4) is 11.1 Å². The first-order chi connectivity index (χ1) is 13.4. The number of aromatic nitrogens is 2. The van der Waals surface area contributed by atoms with E-state index in [9.17, 15) is 9.59 Å². The van der Waals surface area contributed by atoms with Crippen molar-refractivity contribution in [2.45, 2.75) is 19.8 Å². The van der Waals surface area contributed by atoms with Crippen LogP contribution in [0, 0.1) is 6.92 Å². The van der Waals surface area contributed by atoms with Gasteiger partial charge in [0.25, 0.3) is 0 Å². The largest absolute Gasteiger partial charge is 0.366 e. The molecule has 0 spiro atoms. The molecule has 1 aromatic carbocycles. The third kappa shape index (κ3) is 4.89. The molecule has 3 N–H and O–H groups in total. The number of nitrogens with two attached hydrogens (primary N) is 1. The lowest BCUT2D eigenvalue weighted by Gasteiger charge is -2.12. The zero-order valence-electron chi connectivity index (χ0n) is 15.5. The molecule has 28 heavy (non-hydrogen) atoms. The van der Waals surface area contributed by atoms with Crippen molar-refractivity contribution < 1.29 is 9.59 Å². The SMILES string of the molecule is Cc1cnc(NC(=O)C(C)c2cccc(-c3ccc(C=CC(N)=O)nc3)c2)s1. The summed E-state index contributed by atoms with van der Waals surface area (Å²) in [5.41, 5.74) is 8.51. The van der Waals surface area contributed by atoms with Crippen LogP contribution in [0.3, 0.4) is 0 Å². The van der Waals surface area contributed by atoms with Gasteiger partial charge < -0.3 is 11.1 Å². The highest BCUT2D eigenvalue weighted by atomic mass is 32.1. The molecule has 2 aromatic heterocycles. The van der Waals surface area contributed by atoms with Gasteiger partial charge in [0.1, 0.15) is 0 Å². The third-order valence-corrected chi connectivity index (χ3v) is 5.00. The van der Waals surface area contributed by atoms with Crippen molar-refractivity contribution in [2.75, 3.05) is 5.32 Å². The first-order valence-corrected chi connectivity index (χ1v) is 9.51. The van der Waals surface area contributed by atoms with Gasteiger partial charge in [-0.2, -0.15) is 0 Å². The van der Waals surface area contributed by atoms with Crippen LogP contribution in [0.4, 0.5) is 5.13 Å². The fourth-order valence-electron chi connectivity index (χ4n) is 2.61. The van der Waals surface area contributed by atoms with Gasteiger partial charge >= 0.3 is 0 Å². The average Bonchev–Trinajstić information content (AvgIpc) is 3.10. The van der Waals surface area contributed by atoms with Crippen molar-refractivity contribution in [3.05, 3.63) is 71.0 Å². The normalized spacial score (nSPS) is 12.1. The number of pyridine rings is 1. The van der Waals surface area contributed by atoms with Gasteiger partial charge in [-0.25, -0.2) is 4.98 Å². The minimum atomic E-state index is -0.515. The Balaban J connectivity index is 1.75. The van der Waals surface area contributed by atoms with Crippen LogP contribution in [-0.4, -0.2) is 21.8 Å². The molecule has 0 saturated heterocycles. The van der Waals surface area contributed by atoms with Crippen molar-refractivity contribution in [2.24, 2.45) is 5.73 Å². The summed E-state index contributed by atoms with van der Waals surface area (Å²) in [6.45, 7) is 3.81. The summed E-state index contributed by atoms with van der Waals surface area (Å²) in [5, 5.41) is 3.47. The lowest BCUT2D eigenvalue weighted by molar-refractivity contribution is -0.117. The van der Waals surface area contributed by atoms with Gasteiger partial charge in [-0.1, -0.05) is 30.3 Å². The van der Waals surface area contributed by atoms with E-state index < -0.39 is 5.91 Å². The fourth-order valence-corrected chi connectivity index (χ4v) is 3.27. The number of primary amides is 1. The summed E-state index contributed by atoms with van der Waals surface area (Å²) in [4.78, 5) is 32.9. The molecular weight excluding hydrogens is 372 g/mol. The number of rotatable bonds is 6. The van der Waals surface area contributed by atoms with Gasteiger partial charge in [0, 0.05) is 28.9 Å². The van der Waals surface area contributed by atoms with Crippen LogP contribution in [0.5, 0.6) is 0 Å². The molecule has 6 nitrogen and oxygen atoms in total. The standard InChI is InChI=1S/C21H20N4O2S/c1-13-11-24-21(28-13)25-20(27)14(2)15-4-3-5-16(10-15)17-6-7-18(23-12-17)8-9-19(22)26/h3-12,14H,1-2H3,(H2,22,26)(H,24,25,27). The van der Waals surface area contributed by atoms with E-state index in [1.54, 1.807) is 18.5 Å². The van der Waals surface area contributed by atoms with Gasteiger partial charge in [0.2, 0.25) is 11.8 Å². The predicted octanol–water partition coefficient (Wildman–Crippen LogP) is 3.75. The summed E-state index contributed by atoms with van der Waals surface area (Å²) in [7, 11) is 0. The Morgan fingerprint density at radius 1 is 1.14 bits per heavy atom. The van der Waals surface area contributed by atoms with Crippen LogP contribution in [0.15, 0.2) is 54.9 Å². The molecular formula is C21H20N4O2S. The highest BCUT2D eigenvalue weighted by molar-refractivity contribution is 7.15. The van der Waals surface area contributed by atoms with Gasteiger partial charge in [-0.3, -0.25) is 14.6 Å². The number of hydrogen-bond acceptors (Lipinski definition) is 5. The summed E-state index contributed by atoms with van der Waals surface area (Å²) in [5.74, 6) is -0.940. The zero-order valence-corrected chi connectivity index (χ0v) is 16.4. The Morgan fingerprint density at radius 3 is 2.61 bits per heavy atom. The molecule has 0 saturated carbocycles. The van der Waals surface area contributed by atoms with Crippen LogP contribution >= 0.6 is 11.3 Å². The van der Waals surface area contributed by atoms with Crippen LogP contribution in [-0.2, 0) is 9.59 Å². The predicted molar refractivity (Wildman–Crippen MR) is 112 cm³/mol. The highest BCUT2D eigenvalue weighted by Gasteiger charge is 2.17. The molecule has 0 aliphatic rings. The maximum atomic E-state index is 12.5. The van der Waals surface area contributed by atoms with Gasteiger partial charge in [-0.05, 0) is 37.1 Å². The van der Waals surface area contributed by atoms with E-state index in [1.165, 1.54) is 17.4 Å². The Bertz CT molecular complexity index is 1020. The summed E-state index contributed by atoms with van der Waals surface area (Å²) in [6, 6.07) is 11.5. The lowest BCUT2D eigenvalue weighted by atomic mass is 9.96. The van der Waals surface area contributed by atoms with E-state index in [0.717, 1.165) is 21.6 Å². The smallest absolute Gasteiger partial charge is 0.241 e. The second-order valence-corrected chi connectivity index (χ2v) is 7.55. The number of nitrogens with zero attached hydrogens (tertiary/aromatic N) is 2. The molecule has 1 atom stereocenters. The number of carbonyl (C=O) groups is 2. The monoisotopic (exact) mass is 392 g/mol. The number of nitrogens with one attached hydrogen (secondary N) is 1. The Morgan fingerprint density at radius 2 is 1.96 bits per heavy atom. The van der Waals surface area contributed by atoms with E-state index in [2.05, 4.69) is 15.3 Å². The molecule has 3 aromatic rings. The van der Waals surface area contributed by atoms with Crippen molar-refractivity contribution in [3.63, 3.8) is 0 Å². The number of thiazole rings is 1. The molecule has 0 aliphatic carbocycles. The third-order valence-electron chi connectivity index (χ3n) is 4.17. The highest BCUT2D eigenvalue weighted by Crippen LogP contribution is 2.26. The number of carbonyl (C=O) groups excluding carboxylic acids is 2. The lowest BCUT2D eigenvalue weighted by Crippen LogP contribution is -2.18. The minimum Gasteiger partial charge on any atom is -0.366 e. The minimum absolute atomic E-state index is 0.100. The Labute approximate surface area is 167 Å². The second kappa shape index (κ2) is 8.58. The number of aryl methyl sites for hydroxylation is 1. The topological polar surface area (TPSA) is 98.0 Å². The summed E-state index contributed by atoms with van der Waals surface area (Å²) >= 11 is 1.45. The molecule has 3 rings (SSSR count). The molecule has 142 valence electrons. The van der Waals surface area contributed by atoms with E-state index in [1.807, 2.05) is 50.2 Å². The Kier molecular flexibility index (Phi) is 5.96. The number of anilines is 1. The molecule has 0 aliphatic heterocycles.